The average molecular weight is 265 g/mol. The van der Waals surface area contributed by atoms with Gasteiger partial charge in [0.05, 0.1) is 12.7 Å². The molecule has 1 aromatic rings. The van der Waals surface area contributed by atoms with Crippen LogP contribution in [-0.4, -0.2) is 49.5 Å². The summed E-state index contributed by atoms with van der Waals surface area (Å²) in [6.07, 6.45) is -0.424. The topological polar surface area (TPSA) is 41.9 Å². The first kappa shape index (κ1) is 14.3. The molecule has 1 saturated heterocycles. The molecule has 4 heteroatoms. The van der Waals surface area contributed by atoms with E-state index in [1.165, 1.54) is 0 Å². The second kappa shape index (κ2) is 6.37. The Morgan fingerprint density at radius 1 is 1.53 bits per heavy atom. The van der Waals surface area contributed by atoms with Gasteiger partial charge in [-0.3, -0.25) is 0 Å². The fourth-order valence-corrected chi connectivity index (χ4v) is 2.28. The minimum atomic E-state index is -0.523. The van der Waals surface area contributed by atoms with E-state index in [1.54, 1.807) is 6.92 Å². The Labute approximate surface area is 114 Å². The second-order valence-corrected chi connectivity index (χ2v) is 5.28. The summed E-state index contributed by atoms with van der Waals surface area (Å²) in [6.45, 7) is 6.89. The summed E-state index contributed by atoms with van der Waals surface area (Å²) >= 11 is 0. The molecule has 1 aliphatic heterocycles. The fraction of sp³-hybridized carbons (Fsp3) is 0.600. The first-order valence-corrected chi connectivity index (χ1v) is 6.78. The SMILES string of the molecule is Cc1ccc(OCC2CN(C)CCO2)c([C@H](C)O)c1. The van der Waals surface area contributed by atoms with Gasteiger partial charge in [-0.05, 0) is 33.0 Å². The van der Waals surface area contributed by atoms with Crippen LogP contribution in [0.4, 0.5) is 0 Å². The molecule has 0 amide bonds. The summed E-state index contributed by atoms with van der Waals surface area (Å²) in [5.41, 5.74) is 1.96. The van der Waals surface area contributed by atoms with Crippen molar-refractivity contribution in [1.82, 2.24) is 4.90 Å². The van der Waals surface area contributed by atoms with Crippen LogP contribution in [-0.2, 0) is 4.74 Å². The van der Waals surface area contributed by atoms with E-state index in [0.29, 0.717) is 6.61 Å². The Morgan fingerprint density at radius 3 is 3.00 bits per heavy atom. The summed E-state index contributed by atoms with van der Waals surface area (Å²) in [7, 11) is 2.09. The Kier molecular flexibility index (Phi) is 4.80. The predicted octanol–water partition coefficient (Wildman–Crippen LogP) is 1.76. The van der Waals surface area contributed by atoms with Crippen molar-refractivity contribution in [2.24, 2.45) is 0 Å². The smallest absolute Gasteiger partial charge is 0.125 e. The number of likely N-dealkylation sites (N-methyl/N-ethyl adjacent to an activating group) is 1. The Morgan fingerprint density at radius 2 is 2.32 bits per heavy atom. The van der Waals surface area contributed by atoms with E-state index in [9.17, 15) is 5.11 Å². The van der Waals surface area contributed by atoms with E-state index >= 15 is 0 Å². The summed E-state index contributed by atoms with van der Waals surface area (Å²) in [5, 5.41) is 9.79. The molecule has 106 valence electrons. The molecule has 19 heavy (non-hydrogen) atoms. The van der Waals surface area contributed by atoms with Gasteiger partial charge in [-0.25, -0.2) is 0 Å². The van der Waals surface area contributed by atoms with E-state index in [2.05, 4.69) is 11.9 Å². The van der Waals surface area contributed by atoms with Crippen LogP contribution in [0.5, 0.6) is 5.75 Å². The molecule has 0 bridgehead atoms. The Hall–Kier alpha value is -1.10. The molecule has 1 heterocycles. The van der Waals surface area contributed by atoms with Crippen LogP contribution >= 0.6 is 0 Å². The number of aliphatic hydroxyl groups is 1. The average Bonchev–Trinajstić information content (AvgIpc) is 2.37. The van der Waals surface area contributed by atoms with Gasteiger partial charge in [0.1, 0.15) is 18.5 Å². The standard InChI is InChI=1S/C15H23NO3/c1-11-4-5-15(14(8-11)12(2)17)19-10-13-9-16(3)6-7-18-13/h4-5,8,12-13,17H,6-7,9-10H2,1-3H3/t12-,13?/m0/s1. The molecule has 0 radical (unpaired) electrons. The molecule has 2 atom stereocenters. The van der Waals surface area contributed by atoms with Gasteiger partial charge in [0, 0.05) is 18.7 Å². The van der Waals surface area contributed by atoms with E-state index < -0.39 is 6.10 Å². The van der Waals surface area contributed by atoms with Crippen LogP contribution in [0.2, 0.25) is 0 Å². The molecule has 1 unspecified atom stereocenters. The van der Waals surface area contributed by atoms with E-state index in [1.807, 2.05) is 25.1 Å². The summed E-state index contributed by atoms with van der Waals surface area (Å²) < 4.78 is 11.5. The van der Waals surface area contributed by atoms with E-state index in [-0.39, 0.29) is 6.10 Å². The number of hydrogen-bond acceptors (Lipinski definition) is 4. The number of rotatable bonds is 4. The van der Waals surface area contributed by atoms with Gasteiger partial charge in [0.2, 0.25) is 0 Å². The number of aliphatic hydroxyl groups excluding tert-OH is 1. The Balaban J connectivity index is 1.99. The van der Waals surface area contributed by atoms with Crippen LogP contribution in [0.1, 0.15) is 24.2 Å². The van der Waals surface area contributed by atoms with Gasteiger partial charge in [-0.2, -0.15) is 0 Å². The lowest BCUT2D eigenvalue weighted by atomic mass is 10.1. The molecule has 1 aliphatic rings. The van der Waals surface area contributed by atoms with Crippen molar-refractivity contribution in [2.75, 3.05) is 33.4 Å². The van der Waals surface area contributed by atoms with Crippen molar-refractivity contribution in [3.8, 4) is 5.75 Å². The molecular weight excluding hydrogens is 242 g/mol. The quantitative estimate of drug-likeness (QED) is 0.900. The van der Waals surface area contributed by atoms with Crippen LogP contribution in [0.15, 0.2) is 18.2 Å². The first-order valence-electron chi connectivity index (χ1n) is 6.78. The van der Waals surface area contributed by atoms with Crippen LogP contribution in [0, 0.1) is 6.92 Å². The minimum Gasteiger partial charge on any atom is -0.490 e. The number of aryl methyl sites for hydroxylation is 1. The molecule has 4 nitrogen and oxygen atoms in total. The zero-order valence-corrected chi connectivity index (χ0v) is 11.9. The van der Waals surface area contributed by atoms with Crippen LogP contribution in [0.3, 0.4) is 0 Å². The van der Waals surface area contributed by atoms with E-state index in [4.69, 9.17) is 9.47 Å². The maximum absolute atomic E-state index is 9.79. The highest BCUT2D eigenvalue weighted by Gasteiger charge is 2.19. The zero-order chi connectivity index (χ0) is 13.8. The molecule has 1 aromatic carbocycles. The number of ether oxygens (including phenoxy) is 2. The second-order valence-electron chi connectivity index (χ2n) is 5.28. The van der Waals surface area contributed by atoms with Crippen molar-refractivity contribution in [3.63, 3.8) is 0 Å². The lowest BCUT2D eigenvalue weighted by Gasteiger charge is -2.30. The zero-order valence-electron chi connectivity index (χ0n) is 11.9. The third-order valence-corrected chi connectivity index (χ3v) is 3.38. The maximum atomic E-state index is 9.79. The third-order valence-electron chi connectivity index (χ3n) is 3.38. The van der Waals surface area contributed by atoms with Crippen molar-refractivity contribution >= 4 is 0 Å². The molecule has 0 aliphatic carbocycles. The van der Waals surface area contributed by atoms with Gasteiger partial charge in [-0.15, -0.1) is 0 Å². The van der Waals surface area contributed by atoms with Crippen LogP contribution < -0.4 is 4.74 Å². The number of morpholine rings is 1. The monoisotopic (exact) mass is 265 g/mol. The largest absolute Gasteiger partial charge is 0.490 e. The Bertz CT molecular complexity index is 420. The number of nitrogens with zero attached hydrogens (tertiary/aromatic N) is 1. The molecular formula is C15H23NO3. The normalized spacial score (nSPS) is 22.2. The van der Waals surface area contributed by atoms with Crippen molar-refractivity contribution in [1.29, 1.82) is 0 Å². The summed E-state index contributed by atoms with van der Waals surface area (Å²) in [5.74, 6) is 0.748. The number of benzene rings is 1. The van der Waals surface area contributed by atoms with Gasteiger partial charge < -0.3 is 19.5 Å². The number of hydrogen-bond donors (Lipinski definition) is 1. The lowest BCUT2D eigenvalue weighted by molar-refractivity contribution is -0.0407. The van der Waals surface area contributed by atoms with Crippen LogP contribution in [0.25, 0.3) is 0 Å². The van der Waals surface area contributed by atoms with Crippen molar-refractivity contribution in [2.45, 2.75) is 26.1 Å². The van der Waals surface area contributed by atoms with Crippen molar-refractivity contribution < 1.29 is 14.6 Å². The molecule has 0 spiro atoms. The molecule has 1 N–H and O–H groups in total. The van der Waals surface area contributed by atoms with Gasteiger partial charge in [0.25, 0.3) is 0 Å². The highest BCUT2D eigenvalue weighted by molar-refractivity contribution is 5.38. The molecule has 0 saturated carbocycles. The summed E-state index contributed by atoms with van der Waals surface area (Å²) in [6, 6.07) is 5.88. The maximum Gasteiger partial charge on any atom is 0.125 e. The third kappa shape index (κ3) is 3.93. The lowest BCUT2D eigenvalue weighted by Crippen LogP contribution is -2.42. The molecule has 2 rings (SSSR count). The van der Waals surface area contributed by atoms with E-state index in [0.717, 1.165) is 36.6 Å². The van der Waals surface area contributed by atoms with Gasteiger partial charge >= 0.3 is 0 Å². The summed E-state index contributed by atoms with van der Waals surface area (Å²) in [4.78, 5) is 2.24. The minimum absolute atomic E-state index is 0.0990. The highest BCUT2D eigenvalue weighted by atomic mass is 16.5. The van der Waals surface area contributed by atoms with Gasteiger partial charge in [-0.1, -0.05) is 11.6 Å². The highest BCUT2D eigenvalue weighted by Crippen LogP contribution is 2.26. The van der Waals surface area contributed by atoms with Crippen molar-refractivity contribution in [3.05, 3.63) is 29.3 Å². The predicted molar refractivity (Wildman–Crippen MR) is 74.5 cm³/mol. The fourth-order valence-electron chi connectivity index (χ4n) is 2.28. The molecule has 1 fully saturated rings. The molecule has 0 aromatic heterocycles. The first-order chi connectivity index (χ1) is 9.06. The van der Waals surface area contributed by atoms with Gasteiger partial charge in [0.15, 0.2) is 0 Å².